The Morgan fingerprint density at radius 1 is 0.895 bits per heavy atom. The van der Waals surface area contributed by atoms with Crippen LogP contribution in [0.4, 0.5) is 0 Å². The van der Waals surface area contributed by atoms with Gasteiger partial charge in [0.25, 0.3) is 0 Å². The molecule has 2 rings (SSSR count). The first-order valence-corrected chi connectivity index (χ1v) is 6.09. The van der Waals surface area contributed by atoms with Crippen molar-refractivity contribution in [1.29, 1.82) is 0 Å². The van der Waals surface area contributed by atoms with Crippen molar-refractivity contribution in [3.63, 3.8) is 0 Å². The van der Waals surface area contributed by atoms with Gasteiger partial charge in [0.05, 0.1) is 0 Å². The quantitative estimate of drug-likeness (QED) is 0.576. The molecule has 0 saturated heterocycles. The zero-order valence-electron chi connectivity index (χ0n) is 10.6. The van der Waals surface area contributed by atoms with Gasteiger partial charge in [0.2, 0.25) is 0 Å². The standard InChI is InChI=1S/C15H17N3O/c16-15(17)18-10-9-11-1-3-12(4-2-11)13-5-7-14(19)8-6-13/h1-8,19H,9-10H2,(H4,16,17,18). The first kappa shape index (κ1) is 13.0. The fourth-order valence-electron chi connectivity index (χ4n) is 1.83. The van der Waals surface area contributed by atoms with Crippen LogP contribution in [-0.4, -0.2) is 17.6 Å². The minimum absolute atomic E-state index is 0.126. The molecule has 19 heavy (non-hydrogen) atoms. The van der Waals surface area contributed by atoms with Gasteiger partial charge in [0.15, 0.2) is 5.96 Å². The van der Waals surface area contributed by atoms with Gasteiger partial charge in [0, 0.05) is 6.54 Å². The third-order valence-corrected chi connectivity index (χ3v) is 2.85. The largest absolute Gasteiger partial charge is 0.508 e. The van der Waals surface area contributed by atoms with Crippen LogP contribution < -0.4 is 11.5 Å². The second-order valence-electron chi connectivity index (χ2n) is 4.30. The topological polar surface area (TPSA) is 84.6 Å². The predicted molar refractivity (Wildman–Crippen MR) is 77.9 cm³/mol. The van der Waals surface area contributed by atoms with Gasteiger partial charge in [-0.25, -0.2) is 0 Å². The fourth-order valence-corrected chi connectivity index (χ4v) is 1.83. The van der Waals surface area contributed by atoms with Gasteiger partial charge in [-0.15, -0.1) is 0 Å². The van der Waals surface area contributed by atoms with E-state index >= 15 is 0 Å². The van der Waals surface area contributed by atoms with Crippen molar-refractivity contribution in [2.75, 3.05) is 6.54 Å². The Morgan fingerprint density at radius 3 is 1.95 bits per heavy atom. The van der Waals surface area contributed by atoms with E-state index in [-0.39, 0.29) is 11.7 Å². The third-order valence-electron chi connectivity index (χ3n) is 2.85. The van der Waals surface area contributed by atoms with Crippen molar-refractivity contribution in [3.05, 3.63) is 54.1 Å². The summed E-state index contributed by atoms with van der Waals surface area (Å²) in [5.41, 5.74) is 13.9. The molecular weight excluding hydrogens is 238 g/mol. The molecule has 0 bridgehead atoms. The Labute approximate surface area is 112 Å². The van der Waals surface area contributed by atoms with Crippen LogP contribution in [0.3, 0.4) is 0 Å². The number of phenolic OH excluding ortho intramolecular Hbond substituents is 1. The number of hydrogen-bond donors (Lipinski definition) is 3. The monoisotopic (exact) mass is 255 g/mol. The number of rotatable bonds is 4. The smallest absolute Gasteiger partial charge is 0.185 e. The maximum Gasteiger partial charge on any atom is 0.185 e. The van der Waals surface area contributed by atoms with E-state index < -0.39 is 0 Å². The van der Waals surface area contributed by atoms with E-state index in [1.807, 2.05) is 12.1 Å². The third kappa shape index (κ3) is 3.74. The van der Waals surface area contributed by atoms with Crippen molar-refractivity contribution < 1.29 is 5.11 Å². The summed E-state index contributed by atoms with van der Waals surface area (Å²) in [6, 6.07) is 15.4. The maximum atomic E-state index is 9.26. The van der Waals surface area contributed by atoms with Crippen molar-refractivity contribution in [1.82, 2.24) is 0 Å². The molecule has 2 aromatic carbocycles. The SMILES string of the molecule is NC(N)=NCCc1ccc(-c2ccc(O)cc2)cc1. The Bertz CT molecular complexity index is 555. The van der Waals surface area contributed by atoms with E-state index in [9.17, 15) is 5.11 Å². The van der Waals surface area contributed by atoms with Crippen LogP contribution in [0.1, 0.15) is 5.56 Å². The molecule has 0 amide bonds. The van der Waals surface area contributed by atoms with Crippen molar-refractivity contribution in [3.8, 4) is 16.9 Å². The highest BCUT2D eigenvalue weighted by molar-refractivity contribution is 5.75. The van der Waals surface area contributed by atoms with Crippen LogP contribution in [0.15, 0.2) is 53.5 Å². The Kier molecular flexibility index (Phi) is 4.03. The number of nitrogens with zero attached hydrogens (tertiary/aromatic N) is 1. The van der Waals surface area contributed by atoms with Gasteiger partial charge >= 0.3 is 0 Å². The zero-order valence-corrected chi connectivity index (χ0v) is 10.6. The van der Waals surface area contributed by atoms with Crippen molar-refractivity contribution in [2.24, 2.45) is 16.5 Å². The van der Waals surface area contributed by atoms with Crippen LogP contribution in [0.5, 0.6) is 5.75 Å². The van der Waals surface area contributed by atoms with E-state index in [1.165, 1.54) is 5.56 Å². The lowest BCUT2D eigenvalue weighted by Gasteiger charge is -2.04. The summed E-state index contributed by atoms with van der Waals surface area (Å²) in [6.45, 7) is 0.598. The number of benzene rings is 2. The molecule has 0 saturated carbocycles. The normalized spacial score (nSPS) is 10.1. The molecule has 0 fully saturated rings. The molecule has 0 aliphatic carbocycles. The van der Waals surface area contributed by atoms with Gasteiger partial charge in [-0.3, -0.25) is 4.99 Å². The zero-order chi connectivity index (χ0) is 13.7. The second kappa shape index (κ2) is 5.91. The highest BCUT2D eigenvalue weighted by atomic mass is 16.3. The lowest BCUT2D eigenvalue weighted by atomic mass is 10.0. The molecule has 4 nitrogen and oxygen atoms in total. The Morgan fingerprint density at radius 2 is 1.42 bits per heavy atom. The Hall–Kier alpha value is -2.49. The minimum Gasteiger partial charge on any atom is -0.508 e. The molecule has 0 unspecified atom stereocenters. The second-order valence-corrected chi connectivity index (χ2v) is 4.30. The number of hydrogen-bond acceptors (Lipinski definition) is 2. The highest BCUT2D eigenvalue weighted by Gasteiger charge is 1.98. The minimum atomic E-state index is 0.126. The van der Waals surface area contributed by atoms with Gasteiger partial charge < -0.3 is 16.6 Å². The molecular formula is C15H17N3O. The first-order valence-electron chi connectivity index (χ1n) is 6.09. The predicted octanol–water partition coefficient (Wildman–Crippen LogP) is 1.88. The fraction of sp³-hybridized carbons (Fsp3) is 0.133. The molecule has 98 valence electrons. The molecule has 0 aromatic heterocycles. The van der Waals surface area contributed by atoms with Crippen LogP contribution >= 0.6 is 0 Å². The van der Waals surface area contributed by atoms with Gasteiger partial charge in [0.1, 0.15) is 5.75 Å². The summed E-state index contributed by atoms with van der Waals surface area (Å²) in [5.74, 6) is 0.401. The summed E-state index contributed by atoms with van der Waals surface area (Å²) in [7, 11) is 0. The summed E-state index contributed by atoms with van der Waals surface area (Å²) in [5, 5.41) is 9.26. The number of guanidine groups is 1. The molecule has 4 heteroatoms. The van der Waals surface area contributed by atoms with E-state index in [0.29, 0.717) is 6.54 Å². The van der Waals surface area contributed by atoms with Crippen molar-refractivity contribution in [2.45, 2.75) is 6.42 Å². The molecule has 0 atom stereocenters. The average molecular weight is 255 g/mol. The number of aromatic hydroxyl groups is 1. The van der Waals surface area contributed by atoms with E-state index in [0.717, 1.165) is 17.5 Å². The maximum absolute atomic E-state index is 9.26. The van der Waals surface area contributed by atoms with Crippen LogP contribution in [0.2, 0.25) is 0 Å². The van der Waals surface area contributed by atoms with Gasteiger partial charge in [-0.1, -0.05) is 36.4 Å². The molecule has 5 N–H and O–H groups in total. The number of phenols is 1. The molecule has 0 radical (unpaired) electrons. The summed E-state index contributed by atoms with van der Waals surface area (Å²) in [6.07, 6.45) is 0.813. The summed E-state index contributed by atoms with van der Waals surface area (Å²) >= 11 is 0. The molecule has 0 heterocycles. The van der Waals surface area contributed by atoms with Gasteiger partial charge in [-0.2, -0.15) is 0 Å². The molecule has 0 aliphatic rings. The lowest BCUT2D eigenvalue weighted by molar-refractivity contribution is 0.475. The lowest BCUT2D eigenvalue weighted by Crippen LogP contribution is -2.23. The van der Waals surface area contributed by atoms with E-state index in [4.69, 9.17) is 11.5 Å². The van der Waals surface area contributed by atoms with Gasteiger partial charge in [-0.05, 0) is 35.2 Å². The molecule has 0 aliphatic heterocycles. The van der Waals surface area contributed by atoms with Crippen LogP contribution in [0, 0.1) is 0 Å². The summed E-state index contributed by atoms with van der Waals surface area (Å²) in [4.78, 5) is 3.95. The highest BCUT2D eigenvalue weighted by Crippen LogP contribution is 2.22. The van der Waals surface area contributed by atoms with Crippen LogP contribution in [-0.2, 0) is 6.42 Å². The summed E-state index contributed by atoms with van der Waals surface area (Å²) < 4.78 is 0. The molecule has 0 spiro atoms. The molecule has 2 aromatic rings. The number of aliphatic imine (C=N–C) groups is 1. The average Bonchev–Trinajstić information content (AvgIpc) is 2.40. The number of nitrogens with two attached hydrogens (primary N) is 2. The van der Waals surface area contributed by atoms with Crippen LogP contribution in [0.25, 0.3) is 11.1 Å². The Balaban J connectivity index is 2.06. The van der Waals surface area contributed by atoms with Crippen molar-refractivity contribution >= 4 is 5.96 Å². The first-order chi connectivity index (χ1) is 9.15. The van der Waals surface area contributed by atoms with E-state index in [2.05, 4.69) is 29.3 Å². The van der Waals surface area contributed by atoms with E-state index in [1.54, 1.807) is 12.1 Å².